The number of esters is 1. The molecular formula is C15H27NO3. The summed E-state index contributed by atoms with van der Waals surface area (Å²) in [6, 6.07) is 0. The molecule has 0 aliphatic heterocycles. The molecule has 110 valence electrons. The monoisotopic (exact) mass is 269 g/mol. The number of ether oxygens (including phenoxy) is 2. The molecule has 2 saturated carbocycles. The van der Waals surface area contributed by atoms with Crippen LogP contribution in [0, 0.1) is 17.8 Å². The molecule has 0 aromatic heterocycles. The first-order valence-corrected chi connectivity index (χ1v) is 7.44. The summed E-state index contributed by atoms with van der Waals surface area (Å²) < 4.78 is 10.8. The Morgan fingerprint density at radius 1 is 1.21 bits per heavy atom. The number of carbonyl (C=O) groups excluding carboxylic acids is 1. The molecular weight excluding hydrogens is 242 g/mol. The predicted molar refractivity (Wildman–Crippen MR) is 73.6 cm³/mol. The molecule has 0 spiro atoms. The molecule has 2 rings (SSSR count). The summed E-state index contributed by atoms with van der Waals surface area (Å²) >= 11 is 0. The summed E-state index contributed by atoms with van der Waals surface area (Å²) in [5.74, 6) is 1.30. The van der Waals surface area contributed by atoms with Crippen molar-refractivity contribution in [2.75, 3.05) is 13.7 Å². The Bertz CT molecular complexity index is 319. The van der Waals surface area contributed by atoms with Gasteiger partial charge in [0.05, 0.1) is 19.8 Å². The molecule has 4 nitrogen and oxygen atoms in total. The fraction of sp³-hybridized carbons (Fsp3) is 0.933. The lowest BCUT2D eigenvalue weighted by Gasteiger charge is -2.34. The van der Waals surface area contributed by atoms with Gasteiger partial charge in [0.25, 0.3) is 0 Å². The number of nitrogens with two attached hydrogens (primary N) is 1. The topological polar surface area (TPSA) is 61.5 Å². The van der Waals surface area contributed by atoms with E-state index < -0.39 is 5.54 Å². The minimum atomic E-state index is -0.932. The summed E-state index contributed by atoms with van der Waals surface area (Å²) in [6.07, 6.45) is 5.68. The fourth-order valence-corrected chi connectivity index (χ4v) is 3.40. The smallest absolute Gasteiger partial charge is 0.328 e. The maximum absolute atomic E-state index is 11.9. The second kappa shape index (κ2) is 5.80. The van der Waals surface area contributed by atoms with E-state index in [-0.39, 0.29) is 18.0 Å². The highest BCUT2D eigenvalue weighted by molar-refractivity contribution is 5.81. The zero-order chi connectivity index (χ0) is 14.0. The maximum atomic E-state index is 11.9. The Kier molecular flexibility index (Phi) is 4.51. The van der Waals surface area contributed by atoms with Crippen LogP contribution < -0.4 is 5.73 Å². The molecule has 0 amide bonds. The van der Waals surface area contributed by atoms with E-state index in [4.69, 9.17) is 15.2 Å². The first-order valence-electron chi connectivity index (χ1n) is 7.44. The van der Waals surface area contributed by atoms with E-state index in [9.17, 15) is 4.79 Å². The van der Waals surface area contributed by atoms with Gasteiger partial charge < -0.3 is 15.2 Å². The van der Waals surface area contributed by atoms with E-state index in [0.29, 0.717) is 18.4 Å². The molecule has 0 saturated heterocycles. The van der Waals surface area contributed by atoms with E-state index in [1.54, 1.807) is 0 Å². The summed E-state index contributed by atoms with van der Waals surface area (Å²) in [7, 11) is 1.40. The Balaban J connectivity index is 1.90. The van der Waals surface area contributed by atoms with Gasteiger partial charge >= 0.3 is 5.97 Å². The molecule has 19 heavy (non-hydrogen) atoms. The SMILES string of the molecule is COC(=O)C(N)(COC1CC(C)CC(C)C1)C1CC1. The Morgan fingerprint density at radius 3 is 2.26 bits per heavy atom. The zero-order valence-corrected chi connectivity index (χ0v) is 12.4. The van der Waals surface area contributed by atoms with Crippen molar-refractivity contribution in [2.24, 2.45) is 23.5 Å². The predicted octanol–water partition coefficient (Wildman–Crippen LogP) is 2.11. The van der Waals surface area contributed by atoms with Gasteiger partial charge in [0.15, 0.2) is 0 Å². The molecule has 2 aliphatic carbocycles. The highest BCUT2D eigenvalue weighted by atomic mass is 16.5. The number of rotatable bonds is 5. The molecule has 2 aliphatic rings. The van der Waals surface area contributed by atoms with Crippen molar-refractivity contribution in [1.29, 1.82) is 0 Å². The van der Waals surface area contributed by atoms with Gasteiger partial charge in [0, 0.05) is 0 Å². The minimum absolute atomic E-state index is 0.235. The standard InChI is InChI=1S/C15H27NO3/c1-10-6-11(2)8-13(7-10)19-9-15(16,12-4-5-12)14(17)18-3/h10-13H,4-9,16H2,1-3H3. The molecule has 0 heterocycles. The Hall–Kier alpha value is -0.610. The first kappa shape index (κ1) is 14.8. The van der Waals surface area contributed by atoms with Crippen LogP contribution in [0.25, 0.3) is 0 Å². The average Bonchev–Trinajstić information content (AvgIpc) is 3.18. The van der Waals surface area contributed by atoms with Gasteiger partial charge in [-0.1, -0.05) is 13.8 Å². The highest BCUT2D eigenvalue weighted by Gasteiger charge is 2.49. The van der Waals surface area contributed by atoms with Crippen LogP contribution in [0.1, 0.15) is 46.0 Å². The molecule has 0 aromatic carbocycles. The van der Waals surface area contributed by atoms with Crippen LogP contribution in [-0.4, -0.2) is 31.3 Å². The molecule has 0 aromatic rings. The van der Waals surface area contributed by atoms with Crippen LogP contribution in [0.4, 0.5) is 0 Å². The van der Waals surface area contributed by atoms with Gasteiger partial charge in [0.1, 0.15) is 5.54 Å². The molecule has 2 N–H and O–H groups in total. The van der Waals surface area contributed by atoms with Gasteiger partial charge in [-0.3, -0.25) is 0 Å². The molecule has 3 unspecified atom stereocenters. The third kappa shape index (κ3) is 3.48. The molecule has 4 heteroatoms. The van der Waals surface area contributed by atoms with Gasteiger partial charge in [0.2, 0.25) is 0 Å². The third-order valence-corrected chi connectivity index (χ3v) is 4.56. The summed E-state index contributed by atoms with van der Waals surface area (Å²) in [5.41, 5.74) is 5.31. The average molecular weight is 269 g/mol. The van der Waals surface area contributed by atoms with Crippen LogP contribution in [0.2, 0.25) is 0 Å². The van der Waals surface area contributed by atoms with Crippen molar-refractivity contribution in [3.05, 3.63) is 0 Å². The maximum Gasteiger partial charge on any atom is 0.328 e. The quantitative estimate of drug-likeness (QED) is 0.776. The van der Waals surface area contributed by atoms with E-state index >= 15 is 0 Å². The number of hydrogen-bond donors (Lipinski definition) is 1. The largest absolute Gasteiger partial charge is 0.468 e. The van der Waals surface area contributed by atoms with Crippen LogP contribution in [0.15, 0.2) is 0 Å². The van der Waals surface area contributed by atoms with Crippen molar-refractivity contribution >= 4 is 5.97 Å². The van der Waals surface area contributed by atoms with Gasteiger partial charge in [-0.2, -0.15) is 0 Å². The second-order valence-corrected chi connectivity index (χ2v) is 6.66. The van der Waals surface area contributed by atoms with Crippen LogP contribution in [0.3, 0.4) is 0 Å². The van der Waals surface area contributed by atoms with E-state index in [2.05, 4.69) is 13.8 Å². The lowest BCUT2D eigenvalue weighted by molar-refractivity contribution is -0.152. The van der Waals surface area contributed by atoms with E-state index in [0.717, 1.165) is 25.7 Å². The number of methoxy groups -OCH3 is 1. The Labute approximate surface area is 116 Å². The van der Waals surface area contributed by atoms with E-state index in [1.165, 1.54) is 13.5 Å². The summed E-state index contributed by atoms with van der Waals surface area (Å²) in [6.45, 7) is 4.83. The lowest BCUT2D eigenvalue weighted by atomic mass is 9.81. The van der Waals surface area contributed by atoms with Gasteiger partial charge in [-0.05, 0) is 49.9 Å². The first-order chi connectivity index (χ1) is 8.95. The summed E-state index contributed by atoms with van der Waals surface area (Å²) in [4.78, 5) is 11.9. The third-order valence-electron chi connectivity index (χ3n) is 4.56. The van der Waals surface area contributed by atoms with Crippen molar-refractivity contribution in [1.82, 2.24) is 0 Å². The fourth-order valence-electron chi connectivity index (χ4n) is 3.40. The summed E-state index contributed by atoms with van der Waals surface area (Å²) in [5, 5.41) is 0. The highest BCUT2D eigenvalue weighted by Crippen LogP contribution is 2.40. The minimum Gasteiger partial charge on any atom is -0.468 e. The van der Waals surface area contributed by atoms with E-state index in [1.807, 2.05) is 0 Å². The zero-order valence-electron chi connectivity index (χ0n) is 12.4. The van der Waals surface area contributed by atoms with Crippen LogP contribution in [-0.2, 0) is 14.3 Å². The normalized spacial score (nSPS) is 34.6. The molecule has 3 atom stereocenters. The molecule has 0 bridgehead atoms. The second-order valence-electron chi connectivity index (χ2n) is 6.66. The van der Waals surface area contributed by atoms with Gasteiger partial charge in [-0.15, -0.1) is 0 Å². The molecule has 0 radical (unpaired) electrons. The lowest BCUT2D eigenvalue weighted by Crippen LogP contribution is -2.55. The Morgan fingerprint density at radius 2 is 1.79 bits per heavy atom. The van der Waals surface area contributed by atoms with Crippen molar-refractivity contribution < 1.29 is 14.3 Å². The van der Waals surface area contributed by atoms with Gasteiger partial charge in [-0.25, -0.2) is 4.79 Å². The van der Waals surface area contributed by atoms with Crippen LogP contribution in [0.5, 0.6) is 0 Å². The number of carbonyl (C=O) groups is 1. The van der Waals surface area contributed by atoms with Crippen LogP contribution >= 0.6 is 0 Å². The van der Waals surface area contributed by atoms with Crippen molar-refractivity contribution in [3.8, 4) is 0 Å². The van der Waals surface area contributed by atoms with Crippen molar-refractivity contribution in [3.63, 3.8) is 0 Å². The molecule has 2 fully saturated rings. The number of hydrogen-bond acceptors (Lipinski definition) is 4. The van der Waals surface area contributed by atoms with Crippen molar-refractivity contribution in [2.45, 2.75) is 57.6 Å².